The average Bonchev–Trinajstić information content (AvgIpc) is 2.72. The van der Waals surface area contributed by atoms with Crippen LogP contribution in [0.1, 0.15) is 16.8 Å². The summed E-state index contributed by atoms with van der Waals surface area (Å²) < 4.78 is 16.1. The molecule has 1 heterocycles. The Labute approximate surface area is 124 Å². The van der Waals surface area contributed by atoms with Gasteiger partial charge in [0.05, 0.1) is 12.2 Å². The third-order valence-electron chi connectivity index (χ3n) is 4.16. The number of aryl methyl sites for hydroxylation is 3. The zero-order valence-electron chi connectivity index (χ0n) is 12.6. The Morgan fingerprint density at radius 1 is 1.05 bits per heavy atom. The fourth-order valence-corrected chi connectivity index (χ4v) is 2.91. The van der Waals surface area contributed by atoms with Crippen molar-refractivity contribution in [1.82, 2.24) is 4.57 Å². The van der Waals surface area contributed by atoms with Crippen LogP contribution in [0.15, 0.2) is 42.5 Å². The molecule has 0 atom stereocenters. The van der Waals surface area contributed by atoms with Gasteiger partial charge in [-0.2, -0.15) is 0 Å². The summed E-state index contributed by atoms with van der Waals surface area (Å²) >= 11 is 0. The summed E-state index contributed by atoms with van der Waals surface area (Å²) in [5.41, 5.74) is 5.14. The maximum absolute atomic E-state index is 13.9. The first-order valence-corrected chi connectivity index (χ1v) is 7.11. The number of rotatable bonds is 3. The summed E-state index contributed by atoms with van der Waals surface area (Å²) in [6.45, 7) is 4.64. The largest absolute Gasteiger partial charge is 0.377 e. The zero-order chi connectivity index (χ0) is 15.0. The van der Waals surface area contributed by atoms with Crippen molar-refractivity contribution in [1.29, 1.82) is 0 Å². The Morgan fingerprint density at radius 3 is 2.52 bits per heavy atom. The number of nitrogens with one attached hydrogen (secondary N) is 1. The molecular weight excluding hydrogens is 263 g/mol. The number of aromatic nitrogens is 1. The summed E-state index contributed by atoms with van der Waals surface area (Å²) in [5.74, 6) is -0.202. The van der Waals surface area contributed by atoms with E-state index in [1.54, 1.807) is 6.07 Å². The van der Waals surface area contributed by atoms with E-state index in [-0.39, 0.29) is 5.82 Å². The highest BCUT2D eigenvalue weighted by Crippen LogP contribution is 2.26. The van der Waals surface area contributed by atoms with E-state index in [9.17, 15) is 4.39 Å². The molecule has 1 N–H and O–H groups in total. The van der Waals surface area contributed by atoms with Gasteiger partial charge in [-0.25, -0.2) is 4.39 Å². The summed E-state index contributed by atoms with van der Waals surface area (Å²) in [5, 5.41) is 4.50. The minimum absolute atomic E-state index is 0.202. The number of fused-ring (bicyclic) bond motifs is 1. The van der Waals surface area contributed by atoms with Gasteiger partial charge in [-0.1, -0.05) is 30.3 Å². The smallest absolute Gasteiger partial charge is 0.146 e. The monoisotopic (exact) mass is 282 g/mol. The number of anilines is 1. The maximum atomic E-state index is 13.9. The van der Waals surface area contributed by atoms with Gasteiger partial charge in [0.2, 0.25) is 0 Å². The van der Waals surface area contributed by atoms with Crippen molar-refractivity contribution in [2.75, 3.05) is 5.32 Å². The minimum atomic E-state index is -0.202. The van der Waals surface area contributed by atoms with Crippen molar-refractivity contribution in [3.8, 4) is 0 Å². The second-order valence-corrected chi connectivity index (χ2v) is 5.43. The van der Waals surface area contributed by atoms with Crippen LogP contribution in [0, 0.1) is 19.7 Å². The SMILES string of the molecule is Cc1cccc(F)c1NCc1c(C)c2ccccc2n1C. The first kappa shape index (κ1) is 13.7. The minimum Gasteiger partial charge on any atom is -0.377 e. The molecule has 0 aliphatic heterocycles. The zero-order valence-corrected chi connectivity index (χ0v) is 12.6. The van der Waals surface area contributed by atoms with Gasteiger partial charge in [-0.05, 0) is 37.1 Å². The maximum Gasteiger partial charge on any atom is 0.146 e. The third-order valence-corrected chi connectivity index (χ3v) is 4.16. The topological polar surface area (TPSA) is 17.0 Å². The summed E-state index contributed by atoms with van der Waals surface area (Å²) in [7, 11) is 2.06. The number of benzene rings is 2. The predicted octanol–water partition coefficient (Wildman–Crippen LogP) is 4.55. The van der Waals surface area contributed by atoms with E-state index in [1.807, 2.05) is 25.1 Å². The number of hydrogen-bond acceptors (Lipinski definition) is 1. The molecule has 0 aliphatic rings. The normalized spacial score (nSPS) is 11.0. The molecule has 0 unspecified atom stereocenters. The summed E-state index contributed by atoms with van der Waals surface area (Å²) in [6.07, 6.45) is 0. The first-order valence-electron chi connectivity index (χ1n) is 7.11. The van der Waals surface area contributed by atoms with Gasteiger partial charge in [0.25, 0.3) is 0 Å². The molecule has 0 fully saturated rings. The lowest BCUT2D eigenvalue weighted by Gasteiger charge is -2.12. The quantitative estimate of drug-likeness (QED) is 0.746. The molecule has 0 amide bonds. The molecule has 21 heavy (non-hydrogen) atoms. The lowest BCUT2D eigenvalue weighted by molar-refractivity contribution is 0.628. The van der Waals surface area contributed by atoms with Crippen LogP contribution >= 0.6 is 0 Å². The molecule has 0 aliphatic carbocycles. The van der Waals surface area contributed by atoms with Crippen LogP contribution in [0.4, 0.5) is 10.1 Å². The second kappa shape index (κ2) is 5.24. The van der Waals surface area contributed by atoms with E-state index in [0.29, 0.717) is 12.2 Å². The highest BCUT2D eigenvalue weighted by molar-refractivity contribution is 5.85. The van der Waals surface area contributed by atoms with Crippen molar-refractivity contribution in [2.45, 2.75) is 20.4 Å². The second-order valence-electron chi connectivity index (χ2n) is 5.43. The van der Waals surface area contributed by atoms with Crippen LogP contribution in [-0.2, 0) is 13.6 Å². The van der Waals surface area contributed by atoms with Crippen molar-refractivity contribution in [2.24, 2.45) is 7.05 Å². The van der Waals surface area contributed by atoms with E-state index in [1.165, 1.54) is 28.2 Å². The molecule has 0 saturated carbocycles. The fraction of sp³-hybridized carbons (Fsp3) is 0.222. The van der Waals surface area contributed by atoms with Crippen LogP contribution in [-0.4, -0.2) is 4.57 Å². The molecule has 3 heteroatoms. The third kappa shape index (κ3) is 2.29. The van der Waals surface area contributed by atoms with Crippen molar-refractivity contribution < 1.29 is 4.39 Å². The van der Waals surface area contributed by atoms with Crippen LogP contribution < -0.4 is 5.32 Å². The number of nitrogens with zero attached hydrogens (tertiary/aromatic N) is 1. The van der Waals surface area contributed by atoms with Gasteiger partial charge in [0.1, 0.15) is 5.82 Å². The Kier molecular flexibility index (Phi) is 3.42. The van der Waals surface area contributed by atoms with E-state index in [0.717, 1.165) is 5.56 Å². The van der Waals surface area contributed by atoms with Gasteiger partial charge < -0.3 is 9.88 Å². The molecular formula is C18H19FN2. The molecule has 2 aromatic carbocycles. The lowest BCUT2D eigenvalue weighted by Crippen LogP contribution is -2.08. The van der Waals surface area contributed by atoms with E-state index in [4.69, 9.17) is 0 Å². The van der Waals surface area contributed by atoms with Gasteiger partial charge in [0.15, 0.2) is 0 Å². The Hall–Kier alpha value is -2.29. The van der Waals surface area contributed by atoms with Crippen LogP contribution in [0.2, 0.25) is 0 Å². The standard InChI is InChI=1S/C18H19FN2/c1-12-7-6-9-15(19)18(12)20-11-17-13(2)14-8-4-5-10-16(14)21(17)3/h4-10,20H,11H2,1-3H3. The lowest BCUT2D eigenvalue weighted by atomic mass is 10.1. The van der Waals surface area contributed by atoms with Gasteiger partial charge in [-0.3, -0.25) is 0 Å². The number of halogens is 1. The number of hydrogen-bond donors (Lipinski definition) is 1. The summed E-state index contributed by atoms with van der Waals surface area (Å²) in [6, 6.07) is 13.5. The fourth-order valence-electron chi connectivity index (χ4n) is 2.91. The summed E-state index contributed by atoms with van der Waals surface area (Å²) in [4.78, 5) is 0. The van der Waals surface area contributed by atoms with E-state index in [2.05, 4.69) is 36.0 Å². The van der Waals surface area contributed by atoms with Gasteiger partial charge >= 0.3 is 0 Å². The molecule has 1 aromatic heterocycles. The average molecular weight is 282 g/mol. The molecule has 0 bridgehead atoms. The molecule has 2 nitrogen and oxygen atoms in total. The van der Waals surface area contributed by atoms with Crippen LogP contribution in [0.5, 0.6) is 0 Å². The van der Waals surface area contributed by atoms with E-state index < -0.39 is 0 Å². The van der Waals surface area contributed by atoms with Gasteiger partial charge in [-0.15, -0.1) is 0 Å². The van der Waals surface area contributed by atoms with Crippen molar-refractivity contribution in [3.05, 3.63) is 65.1 Å². The Balaban J connectivity index is 1.96. The Morgan fingerprint density at radius 2 is 1.81 bits per heavy atom. The number of para-hydroxylation sites is 2. The van der Waals surface area contributed by atoms with Crippen molar-refractivity contribution in [3.63, 3.8) is 0 Å². The molecule has 0 saturated heterocycles. The molecule has 3 rings (SSSR count). The highest BCUT2D eigenvalue weighted by Gasteiger charge is 2.12. The molecule has 0 radical (unpaired) electrons. The predicted molar refractivity (Wildman–Crippen MR) is 86.1 cm³/mol. The van der Waals surface area contributed by atoms with Gasteiger partial charge in [0, 0.05) is 23.6 Å². The van der Waals surface area contributed by atoms with E-state index >= 15 is 0 Å². The van der Waals surface area contributed by atoms with Crippen LogP contribution in [0.3, 0.4) is 0 Å². The molecule has 108 valence electrons. The highest BCUT2D eigenvalue weighted by atomic mass is 19.1. The first-order chi connectivity index (χ1) is 10.1. The van der Waals surface area contributed by atoms with Crippen LogP contribution in [0.25, 0.3) is 10.9 Å². The molecule has 0 spiro atoms. The van der Waals surface area contributed by atoms with Crippen molar-refractivity contribution >= 4 is 16.6 Å². The Bertz CT molecular complexity index is 743. The molecule has 3 aromatic rings.